The molecule has 2 N–H and O–H groups in total. The molecule has 138 valence electrons. The molecule has 0 unspecified atom stereocenters. The number of ether oxygens (including phenoxy) is 1. The maximum absolute atomic E-state index is 12.0. The highest BCUT2D eigenvalue weighted by Crippen LogP contribution is 2.18. The van der Waals surface area contributed by atoms with Crippen molar-refractivity contribution < 1.29 is 9.53 Å². The van der Waals surface area contributed by atoms with Crippen molar-refractivity contribution in [3.05, 3.63) is 76.1 Å². The van der Waals surface area contributed by atoms with Gasteiger partial charge in [-0.1, -0.05) is 44.2 Å². The zero-order valence-electron chi connectivity index (χ0n) is 15.2. The lowest BCUT2D eigenvalue weighted by Crippen LogP contribution is -2.25. The van der Waals surface area contributed by atoms with Crippen molar-refractivity contribution in [3.8, 4) is 5.75 Å². The minimum absolute atomic E-state index is 0.160. The molecule has 0 fully saturated rings. The van der Waals surface area contributed by atoms with Crippen molar-refractivity contribution in [3.63, 3.8) is 0 Å². The van der Waals surface area contributed by atoms with Gasteiger partial charge < -0.3 is 9.72 Å². The molecule has 0 aliphatic heterocycles. The first-order chi connectivity index (χ1) is 13.0. The molecule has 1 heterocycles. The number of hydrogen-bond donors (Lipinski definition) is 2. The summed E-state index contributed by atoms with van der Waals surface area (Å²) in [4.78, 5) is 26.6. The molecule has 1 aromatic heterocycles. The number of fused-ring (bicyclic) bond motifs is 1. The van der Waals surface area contributed by atoms with Crippen LogP contribution in [0, 0.1) is 0 Å². The van der Waals surface area contributed by atoms with Gasteiger partial charge in [0.05, 0.1) is 11.8 Å². The van der Waals surface area contributed by atoms with E-state index in [1.165, 1.54) is 11.8 Å². The molecule has 0 saturated heterocycles. The minimum Gasteiger partial charge on any atom is -0.484 e. The van der Waals surface area contributed by atoms with Gasteiger partial charge in [-0.05, 0) is 41.1 Å². The summed E-state index contributed by atoms with van der Waals surface area (Å²) in [5.74, 6) is 0.649. The Morgan fingerprint density at radius 1 is 1.19 bits per heavy atom. The minimum atomic E-state index is -0.406. The van der Waals surface area contributed by atoms with Crippen LogP contribution in [0.5, 0.6) is 5.75 Å². The number of hydrazone groups is 1. The van der Waals surface area contributed by atoms with Crippen molar-refractivity contribution in [1.82, 2.24) is 10.4 Å². The molecule has 0 saturated carbocycles. The molecule has 0 spiro atoms. The SMILES string of the molecule is CC(C)c1ccc(OCC(=O)N/N=C\c2cc3ccccc3[nH]c2=O)cc1. The smallest absolute Gasteiger partial charge is 0.277 e. The van der Waals surface area contributed by atoms with E-state index < -0.39 is 5.91 Å². The summed E-state index contributed by atoms with van der Waals surface area (Å²) in [5.41, 5.74) is 4.41. The predicted octanol–water partition coefficient (Wildman–Crippen LogP) is 3.18. The fourth-order valence-electron chi connectivity index (χ4n) is 2.56. The van der Waals surface area contributed by atoms with E-state index >= 15 is 0 Å². The van der Waals surface area contributed by atoms with Gasteiger partial charge in [-0.25, -0.2) is 5.43 Å². The van der Waals surface area contributed by atoms with Crippen LogP contribution < -0.4 is 15.7 Å². The molecule has 0 atom stereocenters. The third kappa shape index (κ3) is 4.82. The molecule has 3 rings (SSSR count). The van der Waals surface area contributed by atoms with Crippen molar-refractivity contribution in [1.29, 1.82) is 0 Å². The number of pyridine rings is 1. The van der Waals surface area contributed by atoms with Crippen LogP contribution in [0.15, 0.2) is 64.5 Å². The number of aromatic amines is 1. The van der Waals surface area contributed by atoms with E-state index in [1.807, 2.05) is 48.5 Å². The summed E-state index contributed by atoms with van der Waals surface area (Å²) in [7, 11) is 0. The van der Waals surface area contributed by atoms with Crippen molar-refractivity contribution >= 4 is 23.0 Å². The van der Waals surface area contributed by atoms with Gasteiger partial charge in [0.1, 0.15) is 5.75 Å². The fraction of sp³-hybridized carbons (Fsp3) is 0.190. The number of aromatic nitrogens is 1. The third-order valence-corrected chi connectivity index (χ3v) is 4.09. The van der Waals surface area contributed by atoms with Gasteiger partial charge in [-0.3, -0.25) is 9.59 Å². The van der Waals surface area contributed by atoms with Crippen LogP contribution in [0.4, 0.5) is 0 Å². The van der Waals surface area contributed by atoms with Crippen LogP contribution in [0.25, 0.3) is 10.9 Å². The Morgan fingerprint density at radius 3 is 2.67 bits per heavy atom. The maximum atomic E-state index is 12.0. The highest BCUT2D eigenvalue weighted by atomic mass is 16.5. The Labute approximate surface area is 156 Å². The molecule has 0 aliphatic carbocycles. The number of H-pyrrole nitrogens is 1. The van der Waals surface area contributed by atoms with Crippen molar-refractivity contribution in [2.75, 3.05) is 6.61 Å². The second-order valence-corrected chi connectivity index (χ2v) is 6.45. The Morgan fingerprint density at radius 2 is 1.93 bits per heavy atom. The summed E-state index contributed by atoms with van der Waals surface area (Å²) in [6, 6.07) is 16.8. The summed E-state index contributed by atoms with van der Waals surface area (Å²) >= 11 is 0. The van der Waals surface area contributed by atoms with Gasteiger partial charge in [-0.2, -0.15) is 5.10 Å². The quantitative estimate of drug-likeness (QED) is 0.521. The molecule has 27 heavy (non-hydrogen) atoms. The number of carbonyl (C=O) groups excluding carboxylic acids is 1. The summed E-state index contributed by atoms with van der Waals surface area (Å²) in [6.07, 6.45) is 1.32. The first-order valence-corrected chi connectivity index (χ1v) is 8.69. The van der Waals surface area contributed by atoms with Gasteiger partial charge in [0.25, 0.3) is 11.5 Å². The highest BCUT2D eigenvalue weighted by molar-refractivity contribution is 5.88. The van der Waals surface area contributed by atoms with Crippen LogP contribution in [0.1, 0.15) is 30.9 Å². The van der Waals surface area contributed by atoms with Gasteiger partial charge >= 0.3 is 0 Å². The zero-order chi connectivity index (χ0) is 19.2. The second-order valence-electron chi connectivity index (χ2n) is 6.45. The Hall–Kier alpha value is -3.41. The molecule has 2 aromatic carbocycles. The fourth-order valence-corrected chi connectivity index (χ4v) is 2.56. The van der Waals surface area contributed by atoms with E-state index in [0.29, 0.717) is 17.2 Å². The number of carbonyl (C=O) groups is 1. The summed E-state index contributed by atoms with van der Waals surface area (Å²) in [5, 5.41) is 4.72. The van der Waals surface area contributed by atoms with E-state index in [9.17, 15) is 9.59 Å². The number of hydrogen-bond acceptors (Lipinski definition) is 4. The number of nitrogens with zero attached hydrogens (tertiary/aromatic N) is 1. The number of nitrogens with one attached hydrogen (secondary N) is 2. The van der Waals surface area contributed by atoms with Crippen LogP contribution in [-0.2, 0) is 4.79 Å². The average molecular weight is 363 g/mol. The van der Waals surface area contributed by atoms with Crippen molar-refractivity contribution in [2.45, 2.75) is 19.8 Å². The third-order valence-electron chi connectivity index (χ3n) is 4.09. The van der Waals surface area contributed by atoms with Crippen molar-refractivity contribution in [2.24, 2.45) is 5.10 Å². The normalized spacial score (nSPS) is 11.2. The lowest BCUT2D eigenvalue weighted by molar-refractivity contribution is -0.123. The largest absolute Gasteiger partial charge is 0.484 e. The number of rotatable bonds is 6. The number of benzene rings is 2. The standard InChI is InChI=1S/C21H21N3O3/c1-14(2)15-7-9-18(10-8-15)27-13-20(25)24-22-12-17-11-16-5-3-4-6-19(16)23-21(17)26/h3-12,14H,13H2,1-2H3,(H,23,26)(H,24,25)/b22-12-. The van der Waals surface area contributed by atoms with E-state index in [1.54, 1.807) is 6.07 Å². The number of para-hydroxylation sites is 1. The molecular formula is C21H21N3O3. The Balaban J connectivity index is 1.56. The molecule has 3 aromatic rings. The first-order valence-electron chi connectivity index (χ1n) is 8.69. The van der Waals surface area contributed by atoms with Gasteiger partial charge in [0.2, 0.25) is 0 Å². The van der Waals surface area contributed by atoms with Gasteiger partial charge in [0, 0.05) is 5.52 Å². The zero-order valence-corrected chi connectivity index (χ0v) is 15.2. The van der Waals surface area contributed by atoms with Crippen LogP contribution in [0.2, 0.25) is 0 Å². The average Bonchev–Trinajstić information content (AvgIpc) is 2.67. The van der Waals surface area contributed by atoms with Crippen LogP contribution in [-0.4, -0.2) is 23.7 Å². The molecule has 6 heteroatoms. The summed E-state index contributed by atoms with van der Waals surface area (Å²) in [6.45, 7) is 4.07. The number of amides is 1. The Kier molecular flexibility index (Phi) is 5.66. The lowest BCUT2D eigenvalue weighted by atomic mass is 10.0. The van der Waals surface area contributed by atoms with E-state index in [4.69, 9.17) is 4.74 Å². The molecule has 1 amide bonds. The first kappa shape index (κ1) is 18.4. The summed E-state index contributed by atoms with van der Waals surface area (Å²) < 4.78 is 5.43. The second kappa shape index (κ2) is 8.31. The lowest BCUT2D eigenvalue weighted by Gasteiger charge is -2.08. The van der Waals surface area contributed by atoms with E-state index in [2.05, 4.69) is 29.4 Å². The van der Waals surface area contributed by atoms with Crippen LogP contribution in [0.3, 0.4) is 0 Å². The highest BCUT2D eigenvalue weighted by Gasteiger charge is 2.04. The monoisotopic (exact) mass is 363 g/mol. The molecule has 6 nitrogen and oxygen atoms in total. The topological polar surface area (TPSA) is 83.5 Å². The van der Waals surface area contributed by atoms with E-state index in [0.717, 1.165) is 10.9 Å². The molecular weight excluding hydrogens is 342 g/mol. The Bertz CT molecular complexity index is 1020. The van der Waals surface area contributed by atoms with Crippen LogP contribution >= 0.6 is 0 Å². The maximum Gasteiger partial charge on any atom is 0.277 e. The van der Waals surface area contributed by atoms with E-state index in [-0.39, 0.29) is 12.2 Å². The van der Waals surface area contributed by atoms with Gasteiger partial charge in [-0.15, -0.1) is 0 Å². The molecule has 0 radical (unpaired) electrons. The molecule has 0 aliphatic rings. The van der Waals surface area contributed by atoms with Gasteiger partial charge in [0.15, 0.2) is 6.61 Å². The molecule has 0 bridgehead atoms. The predicted molar refractivity (Wildman–Crippen MR) is 106 cm³/mol.